The van der Waals surface area contributed by atoms with E-state index in [9.17, 15) is 19.2 Å². The number of rotatable bonds is 1. The highest BCUT2D eigenvalue weighted by Crippen LogP contribution is 2.46. The number of quaternary nitrogens is 1. The van der Waals surface area contributed by atoms with Crippen LogP contribution in [0.2, 0.25) is 0 Å². The van der Waals surface area contributed by atoms with Gasteiger partial charge in [-0.15, -0.1) is 5.01 Å². The topological polar surface area (TPSA) is 122 Å². The third-order valence-corrected chi connectivity index (χ3v) is 6.53. The maximum Gasteiger partial charge on any atom is 0.296 e. The largest absolute Gasteiger partial charge is 0.342 e. The van der Waals surface area contributed by atoms with Crippen molar-refractivity contribution in [3.05, 3.63) is 0 Å². The normalized spacial score (nSPS) is 38.4. The summed E-state index contributed by atoms with van der Waals surface area (Å²) in [6, 6.07) is -2.37. The lowest BCUT2D eigenvalue weighted by atomic mass is 10.1. The van der Waals surface area contributed by atoms with Gasteiger partial charge in [-0.05, 0) is 6.92 Å². The van der Waals surface area contributed by atoms with Crippen LogP contribution in [0.4, 0.5) is 0 Å². The predicted octanol–water partition coefficient (Wildman–Crippen LogP) is -1.92. The zero-order chi connectivity index (χ0) is 16.1. The molecule has 2 bridgehead atoms. The van der Waals surface area contributed by atoms with E-state index in [0.717, 1.165) is 0 Å². The van der Waals surface area contributed by atoms with E-state index in [1.807, 2.05) is 0 Å². The van der Waals surface area contributed by atoms with Crippen molar-refractivity contribution in [3.8, 4) is 0 Å². The lowest BCUT2D eigenvalue weighted by Crippen LogP contribution is -2.71. The van der Waals surface area contributed by atoms with E-state index in [-0.39, 0.29) is 21.6 Å². The zero-order valence-electron chi connectivity index (χ0n) is 11.8. The van der Waals surface area contributed by atoms with Crippen LogP contribution >= 0.6 is 23.9 Å². The number of Topliss-reactive ketones (excluding diaryl/α,β-unsaturated/α-hetero) is 1. The zero-order valence-corrected chi connectivity index (χ0v) is 13.4. The molecule has 0 aromatic heterocycles. The molecule has 4 atom stereocenters. The van der Waals surface area contributed by atoms with Crippen molar-refractivity contribution in [1.82, 2.24) is 15.8 Å². The fourth-order valence-electron chi connectivity index (χ4n) is 2.56. The summed E-state index contributed by atoms with van der Waals surface area (Å²) in [4.78, 5) is 48.6. The average molecular weight is 346 g/mol. The highest BCUT2D eigenvalue weighted by molar-refractivity contribution is 8.06. The molecule has 4 heterocycles. The maximum atomic E-state index is 12.7. The fraction of sp³-hybridized carbons (Fsp3) is 0.636. The Bertz CT molecular complexity index is 573. The first-order chi connectivity index (χ1) is 10.3. The molecule has 9 nitrogen and oxygen atoms in total. The SMILES string of the molecule is CC(=O)C1CS[N+]23NC(=O)CC(N)C(=O)NC(CS2)C(=O)N13. The quantitative estimate of drug-likeness (QED) is 0.373. The van der Waals surface area contributed by atoms with Crippen molar-refractivity contribution in [3.63, 3.8) is 0 Å². The van der Waals surface area contributed by atoms with Gasteiger partial charge in [0.1, 0.15) is 29.9 Å². The Morgan fingerprint density at radius 1 is 1.32 bits per heavy atom. The second-order valence-electron chi connectivity index (χ2n) is 5.33. The summed E-state index contributed by atoms with van der Waals surface area (Å²) >= 11 is 2.58. The standard InChI is InChI=1S/C11H15N5O4S2/c1-5(17)8-4-22-16-14-9(18)2-6(12)10(19)13-7(3-21-16)11(20)15(8)16/h6-8H,2-4,12H2,1H3,(H-,13,14,18,19)/p+1. The molecule has 0 aromatic carbocycles. The first-order valence-electron chi connectivity index (χ1n) is 6.73. The van der Waals surface area contributed by atoms with Crippen molar-refractivity contribution < 1.29 is 22.7 Å². The maximum absolute atomic E-state index is 12.7. The molecule has 4 unspecified atom stereocenters. The van der Waals surface area contributed by atoms with Gasteiger partial charge in [0.2, 0.25) is 5.91 Å². The molecular formula is C11H16N5O4S2+. The molecule has 4 saturated heterocycles. The second-order valence-corrected chi connectivity index (χ2v) is 7.80. The van der Waals surface area contributed by atoms with Crippen LogP contribution in [0.5, 0.6) is 0 Å². The number of nitrogens with one attached hydrogen (secondary N) is 2. The lowest BCUT2D eigenvalue weighted by molar-refractivity contribution is -0.810. The van der Waals surface area contributed by atoms with E-state index < -0.39 is 29.9 Å². The van der Waals surface area contributed by atoms with Crippen LogP contribution < -0.4 is 16.5 Å². The number of ketones is 1. The summed E-state index contributed by atoms with van der Waals surface area (Å²) in [7, 11) is 0. The Hall–Kier alpha value is -1.30. The van der Waals surface area contributed by atoms with Gasteiger partial charge in [0.25, 0.3) is 11.8 Å². The Morgan fingerprint density at radius 2 is 2.00 bits per heavy atom. The van der Waals surface area contributed by atoms with E-state index in [1.54, 1.807) is 0 Å². The summed E-state index contributed by atoms with van der Waals surface area (Å²) < 4.78 is -0.207. The van der Waals surface area contributed by atoms with E-state index in [4.69, 9.17) is 5.73 Å². The highest BCUT2D eigenvalue weighted by Gasteiger charge is 2.61. The minimum absolute atomic E-state index is 0.156. The third kappa shape index (κ3) is 2.37. The van der Waals surface area contributed by atoms with Gasteiger partial charge < -0.3 is 11.1 Å². The van der Waals surface area contributed by atoms with Crippen molar-refractivity contribution in [2.45, 2.75) is 31.5 Å². The summed E-state index contributed by atoms with van der Waals surface area (Å²) in [6.45, 7) is 1.41. The molecule has 4 fully saturated rings. The summed E-state index contributed by atoms with van der Waals surface area (Å²) in [5.41, 5.74) is 8.41. The number of amides is 3. The number of carbonyl (C=O) groups excluding carboxylic acids is 4. The molecule has 1 spiro atoms. The van der Waals surface area contributed by atoms with Crippen molar-refractivity contribution in [1.29, 1.82) is 0 Å². The van der Waals surface area contributed by atoms with Crippen LogP contribution in [0.15, 0.2) is 0 Å². The van der Waals surface area contributed by atoms with E-state index >= 15 is 0 Å². The molecule has 22 heavy (non-hydrogen) atoms. The molecule has 11 heteroatoms. The summed E-state index contributed by atoms with van der Waals surface area (Å²) in [6.07, 6.45) is -0.174. The minimum atomic E-state index is -0.999. The van der Waals surface area contributed by atoms with Gasteiger partial charge in [-0.1, -0.05) is 0 Å². The first kappa shape index (κ1) is 15.6. The molecule has 4 aliphatic rings. The van der Waals surface area contributed by atoms with Crippen LogP contribution in [-0.2, 0) is 19.2 Å². The first-order valence-corrected chi connectivity index (χ1v) is 8.62. The number of fused-ring (bicyclic) bond motifs is 6. The Kier molecular flexibility index (Phi) is 3.83. The summed E-state index contributed by atoms with van der Waals surface area (Å²) in [5.74, 6) is -0.831. The van der Waals surface area contributed by atoms with E-state index in [2.05, 4.69) is 10.7 Å². The van der Waals surface area contributed by atoms with Crippen LogP contribution in [0.1, 0.15) is 13.3 Å². The molecule has 120 valence electrons. The minimum Gasteiger partial charge on any atom is -0.342 e. The molecule has 0 saturated carbocycles. The summed E-state index contributed by atoms with van der Waals surface area (Å²) in [5, 5.41) is 3.92. The van der Waals surface area contributed by atoms with Crippen molar-refractivity contribution >= 4 is 47.4 Å². The Morgan fingerprint density at radius 3 is 2.68 bits per heavy atom. The van der Waals surface area contributed by atoms with Gasteiger partial charge in [0, 0.05) is 3.51 Å². The van der Waals surface area contributed by atoms with Crippen molar-refractivity contribution in [2.24, 2.45) is 5.73 Å². The van der Waals surface area contributed by atoms with Gasteiger partial charge in [0.05, 0.1) is 24.0 Å². The van der Waals surface area contributed by atoms with Gasteiger partial charge in [-0.2, -0.15) is 5.43 Å². The molecule has 4 rings (SSSR count). The van der Waals surface area contributed by atoms with Gasteiger partial charge in [-0.3, -0.25) is 19.2 Å². The molecule has 3 amide bonds. The predicted molar refractivity (Wildman–Crippen MR) is 79.2 cm³/mol. The smallest absolute Gasteiger partial charge is 0.296 e. The molecule has 0 aromatic rings. The number of carbonyl (C=O) groups is 4. The van der Waals surface area contributed by atoms with Gasteiger partial charge >= 0.3 is 0 Å². The monoisotopic (exact) mass is 346 g/mol. The Labute approximate surface area is 135 Å². The Balaban J connectivity index is 2.00. The molecule has 0 radical (unpaired) electrons. The van der Waals surface area contributed by atoms with E-state index in [1.165, 1.54) is 35.8 Å². The third-order valence-electron chi connectivity index (χ3n) is 3.72. The van der Waals surface area contributed by atoms with Gasteiger partial charge in [0.15, 0.2) is 11.8 Å². The van der Waals surface area contributed by atoms with Crippen LogP contribution in [0.3, 0.4) is 0 Å². The number of hydrogen-bond acceptors (Lipinski definition) is 7. The molecule has 4 N–H and O–H groups in total. The van der Waals surface area contributed by atoms with E-state index in [0.29, 0.717) is 11.5 Å². The van der Waals surface area contributed by atoms with Gasteiger partial charge in [-0.25, -0.2) is 0 Å². The fourth-order valence-corrected chi connectivity index (χ4v) is 5.49. The van der Waals surface area contributed by atoms with Crippen molar-refractivity contribution in [2.75, 3.05) is 11.5 Å². The average Bonchev–Trinajstić information content (AvgIpc) is 2.81. The highest BCUT2D eigenvalue weighted by atomic mass is 32.2. The molecule has 0 aliphatic carbocycles. The molecular weight excluding hydrogens is 330 g/mol. The van der Waals surface area contributed by atoms with Crippen LogP contribution in [-0.4, -0.2) is 61.7 Å². The number of nitrogens with two attached hydrogens (primary N) is 1. The van der Waals surface area contributed by atoms with Crippen LogP contribution in [0.25, 0.3) is 0 Å². The van der Waals surface area contributed by atoms with Crippen LogP contribution in [0, 0.1) is 0 Å². The lowest BCUT2D eigenvalue weighted by Gasteiger charge is -2.42. The number of nitrogens with zero attached hydrogens (tertiary/aromatic N) is 2. The second kappa shape index (κ2) is 5.41. The number of hydrogen-bond donors (Lipinski definition) is 3. The molecule has 4 aliphatic heterocycles.